The Morgan fingerprint density at radius 2 is 1.67 bits per heavy atom. The van der Waals surface area contributed by atoms with Crippen molar-refractivity contribution in [3.63, 3.8) is 0 Å². The lowest BCUT2D eigenvalue weighted by atomic mass is 10.2. The average molecular weight is 159 g/mol. The van der Waals surface area contributed by atoms with Gasteiger partial charge in [0, 0.05) is 0 Å². The molecule has 1 aliphatic rings. The maximum absolute atomic E-state index is 3.18. The van der Waals surface area contributed by atoms with E-state index in [2.05, 4.69) is 42.5 Å². The highest BCUT2D eigenvalue weighted by Crippen LogP contribution is 1.98. The Bertz CT molecular complexity index is 180. The molecule has 0 aromatic rings. The molecule has 0 saturated carbocycles. The molecule has 12 heavy (non-hydrogen) atoms. The van der Waals surface area contributed by atoms with Crippen LogP contribution in [0.2, 0.25) is 0 Å². The fourth-order valence-corrected chi connectivity index (χ4v) is 1.04. The van der Waals surface area contributed by atoms with E-state index in [1.165, 1.54) is 0 Å². The van der Waals surface area contributed by atoms with Crippen LogP contribution in [-0.2, 0) is 0 Å². The van der Waals surface area contributed by atoms with Gasteiger partial charge in [-0.3, -0.25) is 0 Å². The van der Waals surface area contributed by atoms with Crippen molar-refractivity contribution < 1.29 is 0 Å². The summed E-state index contributed by atoms with van der Waals surface area (Å²) >= 11 is 0. The second-order valence-corrected chi connectivity index (χ2v) is 2.76. The van der Waals surface area contributed by atoms with Gasteiger partial charge in [-0.2, -0.15) is 0 Å². The zero-order valence-electron chi connectivity index (χ0n) is 7.37. The third-order valence-electron chi connectivity index (χ3n) is 1.69. The second-order valence-electron chi connectivity index (χ2n) is 2.76. The van der Waals surface area contributed by atoms with Crippen molar-refractivity contribution in [1.29, 1.82) is 0 Å². The van der Waals surface area contributed by atoms with Crippen molar-refractivity contribution in [3.05, 3.63) is 48.6 Å². The molecule has 0 aromatic carbocycles. The fraction of sp³-hybridized carbons (Fsp3) is 0.333. The van der Waals surface area contributed by atoms with Gasteiger partial charge in [0.25, 0.3) is 0 Å². The lowest BCUT2D eigenvalue weighted by Crippen LogP contribution is -1.68. The minimum Gasteiger partial charge on any atom is -0.0879 e. The van der Waals surface area contributed by atoms with Crippen LogP contribution in [0.25, 0.3) is 0 Å². The molecule has 0 bridgehead atoms. The Kier molecular flexibility index (Phi) is 5.02. The molecule has 0 heteroatoms. The van der Waals surface area contributed by atoms with Crippen LogP contribution in [0.4, 0.5) is 0 Å². The van der Waals surface area contributed by atoms with Crippen LogP contribution in [-0.4, -0.2) is 0 Å². The maximum atomic E-state index is 3.18. The first kappa shape index (κ1) is 9.05. The van der Waals surface area contributed by atoms with E-state index >= 15 is 0 Å². The van der Waals surface area contributed by atoms with Gasteiger partial charge in [-0.25, -0.2) is 0 Å². The van der Waals surface area contributed by atoms with Crippen molar-refractivity contribution in [2.45, 2.75) is 25.7 Å². The Labute approximate surface area is 75.0 Å². The molecule has 1 aliphatic carbocycles. The van der Waals surface area contributed by atoms with E-state index in [-0.39, 0.29) is 0 Å². The highest BCUT2D eigenvalue weighted by molar-refractivity contribution is 5.04. The summed E-state index contributed by atoms with van der Waals surface area (Å²) in [5.41, 5.74) is 0. The predicted octanol–water partition coefficient (Wildman–Crippen LogP) is 3.59. The first-order chi connectivity index (χ1) is 6.00. The lowest BCUT2D eigenvalue weighted by molar-refractivity contribution is 1.03. The molecule has 0 aromatic heterocycles. The summed E-state index contributed by atoms with van der Waals surface area (Å²) < 4.78 is 0. The van der Waals surface area contributed by atoms with Crippen molar-refractivity contribution in [1.82, 2.24) is 0 Å². The van der Waals surface area contributed by atoms with Crippen molar-refractivity contribution in [2.75, 3.05) is 0 Å². The Hall–Kier alpha value is -1.04. The highest BCUT2D eigenvalue weighted by Gasteiger charge is 1.78. The maximum Gasteiger partial charge on any atom is -0.00946 e. The van der Waals surface area contributed by atoms with Gasteiger partial charge in [0.15, 0.2) is 0 Å². The summed E-state index contributed by atoms with van der Waals surface area (Å²) in [7, 11) is 0. The normalized spacial score (nSPS) is 29.3. The van der Waals surface area contributed by atoms with Crippen LogP contribution in [0.15, 0.2) is 42.5 Å². The SMILES string of the molecule is [C]1=C/C=C\C/C=C/CC/C=C/C/1. The van der Waals surface area contributed by atoms with Gasteiger partial charge in [-0.15, -0.1) is 0 Å². The van der Waals surface area contributed by atoms with Gasteiger partial charge in [0.1, 0.15) is 0 Å². The third-order valence-corrected chi connectivity index (χ3v) is 1.69. The molecule has 0 N–H and O–H groups in total. The van der Waals surface area contributed by atoms with Crippen molar-refractivity contribution in [3.8, 4) is 0 Å². The van der Waals surface area contributed by atoms with Gasteiger partial charge in [0.05, 0.1) is 0 Å². The summed E-state index contributed by atoms with van der Waals surface area (Å²) in [5, 5.41) is 0. The summed E-state index contributed by atoms with van der Waals surface area (Å²) in [4.78, 5) is 0. The molecular weight excluding hydrogens is 144 g/mol. The van der Waals surface area contributed by atoms with Gasteiger partial charge < -0.3 is 0 Å². The van der Waals surface area contributed by atoms with Crippen LogP contribution in [0.3, 0.4) is 0 Å². The second kappa shape index (κ2) is 6.66. The topological polar surface area (TPSA) is 0 Å². The quantitative estimate of drug-likeness (QED) is 0.474. The van der Waals surface area contributed by atoms with E-state index in [0.29, 0.717) is 0 Å². The predicted molar refractivity (Wildman–Crippen MR) is 53.7 cm³/mol. The zero-order valence-corrected chi connectivity index (χ0v) is 7.37. The summed E-state index contributed by atoms with van der Waals surface area (Å²) in [6.07, 6.45) is 22.5. The van der Waals surface area contributed by atoms with Gasteiger partial charge in [-0.1, -0.05) is 42.5 Å². The Balaban J connectivity index is 2.41. The summed E-state index contributed by atoms with van der Waals surface area (Å²) in [6, 6.07) is 0. The fourth-order valence-electron chi connectivity index (χ4n) is 1.04. The molecule has 1 radical (unpaired) electrons. The largest absolute Gasteiger partial charge is 0.0879 e. The number of rotatable bonds is 0. The van der Waals surface area contributed by atoms with E-state index in [1.54, 1.807) is 0 Å². The minimum atomic E-state index is 0.939. The molecule has 1 rings (SSSR count). The van der Waals surface area contributed by atoms with Crippen molar-refractivity contribution in [2.24, 2.45) is 0 Å². The van der Waals surface area contributed by atoms with Gasteiger partial charge >= 0.3 is 0 Å². The Morgan fingerprint density at radius 1 is 0.833 bits per heavy atom. The van der Waals surface area contributed by atoms with Crippen LogP contribution in [0, 0.1) is 6.08 Å². The smallest absolute Gasteiger partial charge is 0.00946 e. The van der Waals surface area contributed by atoms with Crippen molar-refractivity contribution >= 4 is 0 Å². The highest BCUT2D eigenvalue weighted by atomic mass is 13.8. The van der Waals surface area contributed by atoms with E-state index in [0.717, 1.165) is 25.7 Å². The van der Waals surface area contributed by atoms with Crippen LogP contribution in [0.1, 0.15) is 25.7 Å². The lowest BCUT2D eigenvalue weighted by Gasteiger charge is -1.88. The van der Waals surface area contributed by atoms with Crippen LogP contribution in [0.5, 0.6) is 0 Å². The first-order valence-corrected chi connectivity index (χ1v) is 4.52. The number of hydrogen-bond acceptors (Lipinski definition) is 0. The van der Waals surface area contributed by atoms with Crippen LogP contribution >= 0.6 is 0 Å². The third kappa shape index (κ3) is 4.73. The van der Waals surface area contributed by atoms with E-state index in [9.17, 15) is 0 Å². The van der Waals surface area contributed by atoms with E-state index < -0.39 is 0 Å². The Morgan fingerprint density at radius 3 is 2.58 bits per heavy atom. The summed E-state index contributed by atoms with van der Waals surface area (Å²) in [5.74, 6) is 0. The van der Waals surface area contributed by atoms with E-state index in [1.807, 2.05) is 6.08 Å². The average Bonchev–Trinajstić information content (AvgIpc) is 2.05. The van der Waals surface area contributed by atoms with E-state index in [4.69, 9.17) is 0 Å². The molecule has 0 heterocycles. The molecule has 63 valence electrons. The molecule has 0 spiro atoms. The number of hydrogen-bond donors (Lipinski definition) is 0. The summed E-state index contributed by atoms with van der Waals surface area (Å²) in [6.45, 7) is 0. The molecule has 0 aliphatic heterocycles. The van der Waals surface area contributed by atoms with Crippen LogP contribution < -0.4 is 0 Å². The first-order valence-electron chi connectivity index (χ1n) is 4.52. The van der Waals surface area contributed by atoms with Gasteiger partial charge in [-0.05, 0) is 31.8 Å². The zero-order chi connectivity index (χ0) is 8.49. The van der Waals surface area contributed by atoms with Gasteiger partial charge in [0.2, 0.25) is 0 Å². The molecule has 0 atom stereocenters. The molecule has 0 fully saturated rings. The standard InChI is InChI=1S/C12H15/c1-2-4-6-8-10-12-11-9-7-5-3-1/h1-3,6,8-9,11H,4,7,10,12H2/b2-1-,5-3?,8-6+,11-9+. The molecule has 0 saturated heterocycles. The molecule has 0 unspecified atom stereocenters. The minimum absolute atomic E-state index is 0.939. The molecule has 0 amide bonds. The number of allylic oxidation sites excluding steroid dienone is 8. The molecule has 0 nitrogen and oxygen atoms in total. The monoisotopic (exact) mass is 159 g/mol. The molecular formula is C12H15.